The molecule has 1 fully saturated rings. The molecular formula is C22H22ClN3O5S. The van der Waals surface area contributed by atoms with Crippen LogP contribution in [0.15, 0.2) is 52.3 Å². The smallest absolute Gasteiger partial charge is 0.261 e. The average Bonchev–Trinajstić information content (AvgIpc) is 3.29. The van der Waals surface area contributed by atoms with Crippen molar-refractivity contribution >= 4 is 44.1 Å². The minimum atomic E-state index is -3.99. The number of hydrogen-bond acceptors (Lipinski definition) is 5. The third kappa shape index (κ3) is 4.50. The van der Waals surface area contributed by atoms with E-state index < -0.39 is 21.4 Å². The number of anilines is 1. The number of hydrogen-bond donors (Lipinski definition) is 3. The van der Waals surface area contributed by atoms with Crippen molar-refractivity contribution in [3.8, 4) is 0 Å². The summed E-state index contributed by atoms with van der Waals surface area (Å²) in [5.41, 5.74) is 0.696. The van der Waals surface area contributed by atoms with Crippen LogP contribution in [0.1, 0.15) is 28.8 Å². The van der Waals surface area contributed by atoms with E-state index in [9.17, 15) is 18.0 Å². The highest BCUT2D eigenvalue weighted by molar-refractivity contribution is 7.92. The van der Waals surface area contributed by atoms with Crippen LogP contribution in [0.25, 0.3) is 10.9 Å². The Morgan fingerprint density at radius 2 is 2.09 bits per heavy atom. The van der Waals surface area contributed by atoms with Gasteiger partial charge in [-0.3, -0.25) is 14.3 Å². The second kappa shape index (κ2) is 8.93. The summed E-state index contributed by atoms with van der Waals surface area (Å²) in [6.07, 6.45) is 3.07. The van der Waals surface area contributed by atoms with E-state index in [0.717, 1.165) is 12.8 Å². The third-order valence-electron chi connectivity index (χ3n) is 5.43. The molecule has 8 nitrogen and oxygen atoms in total. The van der Waals surface area contributed by atoms with Gasteiger partial charge in [-0.2, -0.15) is 0 Å². The van der Waals surface area contributed by atoms with Gasteiger partial charge in [-0.25, -0.2) is 8.42 Å². The van der Waals surface area contributed by atoms with Crippen LogP contribution in [0.3, 0.4) is 0 Å². The van der Waals surface area contributed by atoms with Crippen LogP contribution < -0.4 is 15.5 Å². The number of pyridine rings is 1. The number of halogens is 1. The SMILES string of the molecule is Cc1c(Cl)cccc1NS(=O)(=O)c1ccc2[nH]cc(C(=O)NCC3CCCO3)c(=O)c2c1. The van der Waals surface area contributed by atoms with Crippen LogP contribution in [-0.4, -0.2) is 38.6 Å². The van der Waals surface area contributed by atoms with E-state index in [1.807, 2.05) is 0 Å². The van der Waals surface area contributed by atoms with Gasteiger partial charge in [-0.05, 0) is 55.7 Å². The second-order valence-corrected chi connectivity index (χ2v) is 9.69. The zero-order valence-corrected chi connectivity index (χ0v) is 18.8. The van der Waals surface area contributed by atoms with Gasteiger partial charge in [0, 0.05) is 35.3 Å². The zero-order valence-electron chi connectivity index (χ0n) is 17.3. The summed E-state index contributed by atoms with van der Waals surface area (Å²) < 4.78 is 33.8. The number of sulfonamides is 1. The molecule has 168 valence electrons. The van der Waals surface area contributed by atoms with Gasteiger partial charge in [-0.15, -0.1) is 0 Å². The summed E-state index contributed by atoms with van der Waals surface area (Å²) in [6.45, 7) is 2.68. The summed E-state index contributed by atoms with van der Waals surface area (Å²) in [4.78, 5) is 28.3. The van der Waals surface area contributed by atoms with Gasteiger partial charge in [0.15, 0.2) is 0 Å². The van der Waals surface area contributed by atoms with E-state index in [2.05, 4.69) is 15.0 Å². The van der Waals surface area contributed by atoms with Gasteiger partial charge in [0.1, 0.15) is 5.56 Å². The first-order valence-corrected chi connectivity index (χ1v) is 12.0. The molecule has 10 heteroatoms. The highest BCUT2D eigenvalue weighted by atomic mass is 35.5. The fourth-order valence-corrected chi connectivity index (χ4v) is 4.89. The highest BCUT2D eigenvalue weighted by Crippen LogP contribution is 2.26. The van der Waals surface area contributed by atoms with E-state index in [0.29, 0.717) is 34.9 Å². The van der Waals surface area contributed by atoms with E-state index in [1.165, 1.54) is 24.4 Å². The van der Waals surface area contributed by atoms with E-state index in [1.54, 1.807) is 25.1 Å². The number of ether oxygens (including phenoxy) is 1. The lowest BCUT2D eigenvalue weighted by atomic mass is 10.1. The van der Waals surface area contributed by atoms with Crippen LogP contribution >= 0.6 is 11.6 Å². The summed E-state index contributed by atoms with van der Waals surface area (Å²) in [5.74, 6) is -0.537. The molecule has 0 aliphatic carbocycles. The highest BCUT2D eigenvalue weighted by Gasteiger charge is 2.21. The van der Waals surface area contributed by atoms with E-state index in [4.69, 9.17) is 16.3 Å². The molecule has 2 heterocycles. The summed E-state index contributed by atoms with van der Waals surface area (Å²) in [5, 5.41) is 3.24. The van der Waals surface area contributed by atoms with Crippen LogP contribution in [0, 0.1) is 6.92 Å². The van der Waals surface area contributed by atoms with Crippen molar-refractivity contribution < 1.29 is 17.9 Å². The number of carbonyl (C=O) groups is 1. The lowest BCUT2D eigenvalue weighted by molar-refractivity contribution is 0.0857. The maximum Gasteiger partial charge on any atom is 0.261 e. The molecule has 0 spiro atoms. The molecule has 1 atom stereocenters. The minimum absolute atomic E-state index is 0.0590. The lowest BCUT2D eigenvalue weighted by Crippen LogP contribution is -2.34. The molecule has 1 aliphatic rings. The van der Waals surface area contributed by atoms with Crippen molar-refractivity contribution in [3.63, 3.8) is 0 Å². The zero-order chi connectivity index (χ0) is 22.9. The Morgan fingerprint density at radius 1 is 1.28 bits per heavy atom. The lowest BCUT2D eigenvalue weighted by Gasteiger charge is -2.12. The standard InChI is InChI=1S/C22H22ClN3O5S/c1-13-18(23)5-2-6-19(13)26-32(29,30)15-7-8-20-16(10-15)21(27)17(12-24-20)22(28)25-11-14-4-3-9-31-14/h2,5-8,10,12,14,26H,3-4,9,11H2,1H3,(H,24,27)(H,25,28). The molecular weight excluding hydrogens is 454 g/mol. The van der Waals surface area contributed by atoms with E-state index >= 15 is 0 Å². The number of carbonyl (C=O) groups excluding carboxylic acids is 1. The number of rotatable bonds is 6. The third-order valence-corrected chi connectivity index (χ3v) is 7.21. The molecule has 1 saturated heterocycles. The number of H-pyrrole nitrogens is 1. The molecule has 3 aromatic rings. The average molecular weight is 476 g/mol. The maximum atomic E-state index is 13.0. The molecule has 1 aliphatic heterocycles. The van der Waals surface area contributed by atoms with E-state index in [-0.39, 0.29) is 21.9 Å². The predicted molar refractivity (Wildman–Crippen MR) is 123 cm³/mol. The Balaban J connectivity index is 1.63. The molecule has 3 N–H and O–H groups in total. The van der Waals surface area contributed by atoms with Crippen molar-refractivity contribution in [3.05, 3.63) is 69.0 Å². The number of aromatic nitrogens is 1. The molecule has 4 rings (SSSR count). The van der Waals surface area contributed by atoms with Crippen molar-refractivity contribution in [1.82, 2.24) is 10.3 Å². The molecule has 32 heavy (non-hydrogen) atoms. The van der Waals surface area contributed by atoms with Crippen molar-refractivity contribution in [1.29, 1.82) is 0 Å². The van der Waals surface area contributed by atoms with Gasteiger partial charge in [0.25, 0.3) is 15.9 Å². The second-order valence-electron chi connectivity index (χ2n) is 7.60. The topological polar surface area (TPSA) is 117 Å². The van der Waals surface area contributed by atoms with Crippen molar-refractivity contribution in [2.24, 2.45) is 0 Å². The Bertz CT molecular complexity index is 1350. The van der Waals surface area contributed by atoms with Crippen LogP contribution in [0.4, 0.5) is 5.69 Å². The molecule has 0 saturated carbocycles. The van der Waals surface area contributed by atoms with Crippen molar-refractivity contribution in [2.75, 3.05) is 17.9 Å². The number of amides is 1. The van der Waals surface area contributed by atoms with Gasteiger partial charge in [-0.1, -0.05) is 17.7 Å². The fraction of sp³-hybridized carbons (Fsp3) is 0.273. The normalized spacial score (nSPS) is 16.2. The fourth-order valence-electron chi connectivity index (χ4n) is 3.56. The molecule has 0 bridgehead atoms. The predicted octanol–water partition coefficient (Wildman–Crippen LogP) is 3.20. The Kier molecular flexibility index (Phi) is 6.23. The summed E-state index contributed by atoms with van der Waals surface area (Å²) in [7, 11) is -3.99. The first-order chi connectivity index (χ1) is 15.3. The van der Waals surface area contributed by atoms with Crippen LogP contribution in [-0.2, 0) is 14.8 Å². The summed E-state index contributed by atoms with van der Waals surface area (Å²) in [6, 6.07) is 9.04. The molecule has 2 aromatic carbocycles. The Hall–Kier alpha value is -2.88. The quantitative estimate of drug-likeness (QED) is 0.506. The van der Waals surface area contributed by atoms with Crippen LogP contribution in [0.2, 0.25) is 5.02 Å². The molecule has 1 unspecified atom stereocenters. The molecule has 1 amide bonds. The van der Waals surface area contributed by atoms with Gasteiger partial charge in [0.2, 0.25) is 5.43 Å². The first-order valence-electron chi connectivity index (χ1n) is 10.1. The number of nitrogens with one attached hydrogen (secondary N) is 3. The number of fused-ring (bicyclic) bond motifs is 1. The number of benzene rings is 2. The molecule has 0 radical (unpaired) electrons. The summed E-state index contributed by atoms with van der Waals surface area (Å²) >= 11 is 6.08. The molecule has 1 aromatic heterocycles. The largest absolute Gasteiger partial charge is 0.376 e. The Morgan fingerprint density at radius 3 is 2.84 bits per heavy atom. The van der Waals surface area contributed by atoms with Crippen molar-refractivity contribution in [2.45, 2.75) is 30.8 Å². The minimum Gasteiger partial charge on any atom is -0.376 e. The maximum absolute atomic E-state index is 13.0. The first kappa shape index (κ1) is 22.3. The van der Waals surface area contributed by atoms with Gasteiger partial charge < -0.3 is 15.0 Å². The Labute approximate surface area is 190 Å². The van der Waals surface area contributed by atoms with Crippen LogP contribution in [0.5, 0.6) is 0 Å². The number of aromatic amines is 1. The van der Waals surface area contributed by atoms with Gasteiger partial charge >= 0.3 is 0 Å². The van der Waals surface area contributed by atoms with Gasteiger partial charge in [0.05, 0.1) is 16.7 Å². The monoisotopic (exact) mass is 475 g/mol.